The van der Waals surface area contributed by atoms with Gasteiger partial charge in [-0.15, -0.1) is 0 Å². The van der Waals surface area contributed by atoms with Crippen molar-refractivity contribution in [2.24, 2.45) is 4.99 Å². The molecule has 0 atom stereocenters. The molecule has 3 rings (SSSR count). The Morgan fingerprint density at radius 3 is 2.83 bits per heavy atom. The van der Waals surface area contributed by atoms with E-state index in [2.05, 4.69) is 9.98 Å². The Kier molecular flexibility index (Phi) is 2.28. The van der Waals surface area contributed by atoms with Gasteiger partial charge in [0, 0.05) is 22.2 Å². The Morgan fingerprint density at radius 1 is 1.44 bits per heavy atom. The summed E-state index contributed by atoms with van der Waals surface area (Å²) in [6, 6.07) is 5.69. The molecule has 18 heavy (non-hydrogen) atoms. The summed E-state index contributed by atoms with van der Waals surface area (Å²) in [5, 5.41) is 11.2. The van der Waals surface area contributed by atoms with E-state index in [1.807, 2.05) is 25.1 Å². The zero-order valence-corrected chi connectivity index (χ0v) is 10.2. The number of isocyanates is 1. The lowest BCUT2D eigenvalue weighted by Gasteiger charge is -2.37. The van der Waals surface area contributed by atoms with Crippen LogP contribution in [0.2, 0.25) is 0 Å². The molecule has 4 nitrogen and oxygen atoms in total. The third-order valence-corrected chi connectivity index (χ3v) is 3.85. The van der Waals surface area contributed by atoms with Crippen LogP contribution in [0, 0.1) is 6.92 Å². The van der Waals surface area contributed by atoms with Gasteiger partial charge in [0.25, 0.3) is 0 Å². The van der Waals surface area contributed by atoms with E-state index >= 15 is 0 Å². The number of fused-ring (bicyclic) bond motifs is 1. The van der Waals surface area contributed by atoms with Crippen molar-refractivity contribution in [2.45, 2.75) is 31.7 Å². The third-order valence-electron chi connectivity index (χ3n) is 3.85. The van der Waals surface area contributed by atoms with Crippen LogP contribution in [0.25, 0.3) is 10.9 Å². The van der Waals surface area contributed by atoms with Crippen molar-refractivity contribution in [3.8, 4) is 5.75 Å². The summed E-state index contributed by atoms with van der Waals surface area (Å²) in [6.07, 6.45) is 4.26. The summed E-state index contributed by atoms with van der Waals surface area (Å²) >= 11 is 0. The predicted molar refractivity (Wildman–Crippen MR) is 68.4 cm³/mol. The SMILES string of the molecule is Cc1cc2c(O)c(C3(N=C=O)CCC3)ccc2[nH]1. The molecule has 2 aromatic rings. The predicted octanol–water partition coefficient (Wildman–Crippen LogP) is 2.90. The first-order valence-corrected chi connectivity index (χ1v) is 6.07. The Balaban J connectivity index is 2.23. The van der Waals surface area contributed by atoms with E-state index in [0.717, 1.165) is 41.4 Å². The first kappa shape index (κ1) is 11.1. The number of aromatic hydroxyl groups is 1. The standard InChI is InChI=1S/C14H14N2O2/c1-9-7-10-12(16-9)4-3-11(13(10)18)14(15-8-17)5-2-6-14/h3-4,7,16,18H,2,5-6H2,1H3. The molecule has 1 aromatic carbocycles. The van der Waals surface area contributed by atoms with Gasteiger partial charge in [0.2, 0.25) is 6.08 Å². The van der Waals surface area contributed by atoms with Gasteiger partial charge in [0.05, 0.1) is 0 Å². The zero-order chi connectivity index (χ0) is 12.8. The number of hydrogen-bond acceptors (Lipinski definition) is 3. The molecule has 0 amide bonds. The second kappa shape index (κ2) is 3.72. The van der Waals surface area contributed by atoms with Crippen LogP contribution in [0.5, 0.6) is 5.75 Å². The molecule has 1 aromatic heterocycles. The van der Waals surface area contributed by atoms with Gasteiger partial charge in [0.15, 0.2) is 0 Å². The van der Waals surface area contributed by atoms with Gasteiger partial charge >= 0.3 is 0 Å². The number of aromatic nitrogens is 1. The van der Waals surface area contributed by atoms with Crippen molar-refractivity contribution >= 4 is 17.0 Å². The van der Waals surface area contributed by atoms with Crippen molar-refractivity contribution in [1.82, 2.24) is 4.98 Å². The Labute approximate surface area is 104 Å². The number of aryl methyl sites for hydroxylation is 1. The molecule has 0 saturated heterocycles. The maximum absolute atomic E-state index is 10.6. The monoisotopic (exact) mass is 242 g/mol. The second-order valence-electron chi connectivity index (χ2n) is 4.96. The van der Waals surface area contributed by atoms with Gasteiger partial charge in [-0.05, 0) is 38.3 Å². The molecule has 1 fully saturated rings. The summed E-state index contributed by atoms with van der Waals surface area (Å²) in [5.74, 6) is 0.232. The highest BCUT2D eigenvalue weighted by atomic mass is 16.3. The fraction of sp³-hybridized carbons (Fsp3) is 0.357. The van der Waals surface area contributed by atoms with E-state index in [0.29, 0.717) is 0 Å². The minimum Gasteiger partial charge on any atom is -0.507 e. The first-order chi connectivity index (χ1) is 8.66. The van der Waals surface area contributed by atoms with Gasteiger partial charge in [0.1, 0.15) is 11.3 Å². The van der Waals surface area contributed by atoms with Crippen LogP contribution in [0.1, 0.15) is 30.5 Å². The molecular weight excluding hydrogens is 228 g/mol. The molecular formula is C14H14N2O2. The van der Waals surface area contributed by atoms with Crippen molar-refractivity contribution in [1.29, 1.82) is 0 Å². The van der Waals surface area contributed by atoms with Gasteiger partial charge in [-0.25, -0.2) is 4.79 Å². The molecule has 1 aliphatic rings. The number of nitrogens with one attached hydrogen (secondary N) is 1. The third kappa shape index (κ3) is 1.39. The highest BCUT2D eigenvalue weighted by molar-refractivity contribution is 5.88. The summed E-state index contributed by atoms with van der Waals surface area (Å²) in [7, 11) is 0. The number of aromatic amines is 1. The molecule has 0 radical (unpaired) electrons. The van der Waals surface area contributed by atoms with Crippen LogP contribution in [0.3, 0.4) is 0 Å². The molecule has 1 heterocycles. The highest BCUT2D eigenvalue weighted by Gasteiger charge is 2.41. The number of aliphatic imine (C=N–C) groups is 1. The van der Waals surface area contributed by atoms with E-state index in [4.69, 9.17) is 0 Å². The number of hydrogen-bond donors (Lipinski definition) is 2. The minimum atomic E-state index is -0.550. The average molecular weight is 242 g/mol. The molecule has 92 valence electrons. The summed E-state index contributed by atoms with van der Waals surface area (Å²) in [4.78, 5) is 17.7. The quantitative estimate of drug-likeness (QED) is 0.628. The number of nitrogens with zero attached hydrogens (tertiary/aromatic N) is 1. The van der Waals surface area contributed by atoms with Crippen molar-refractivity contribution in [3.63, 3.8) is 0 Å². The van der Waals surface area contributed by atoms with Crippen LogP contribution < -0.4 is 0 Å². The van der Waals surface area contributed by atoms with E-state index in [-0.39, 0.29) is 5.75 Å². The number of H-pyrrole nitrogens is 1. The Morgan fingerprint density at radius 2 is 2.22 bits per heavy atom. The van der Waals surface area contributed by atoms with Crippen LogP contribution >= 0.6 is 0 Å². The summed E-state index contributed by atoms with van der Waals surface area (Å²) in [5.41, 5.74) is 2.09. The number of phenols is 1. The lowest BCUT2D eigenvalue weighted by molar-refractivity contribution is 0.248. The normalized spacial score (nSPS) is 17.2. The van der Waals surface area contributed by atoms with Crippen molar-refractivity contribution in [3.05, 3.63) is 29.5 Å². The van der Waals surface area contributed by atoms with Gasteiger partial charge in [-0.2, -0.15) is 4.99 Å². The zero-order valence-electron chi connectivity index (χ0n) is 10.2. The van der Waals surface area contributed by atoms with Gasteiger partial charge in [-0.1, -0.05) is 6.07 Å². The number of carbonyl (C=O) groups excluding carboxylic acids is 1. The van der Waals surface area contributed by atoms with E-state index in [1.54, 1.807) is 6.08 Å². The smallest absolute Gasteiger partial charge is 0.235 e. The van der Waals surface area contributed by atoms with Crippen molar-refractivity contribution in [2.75, 3.05) is 0 Å². The molecule has 4 heteroatoms. The maximum atomic E-state index is 10.6. The van der Waals surface area contributed by atoms with E-state index in [1.165, 1.54) is 0 Å². The second-order valence-corrected chi connectivity index (χ2v) is 4.96. The van der Waals surface area contributed by atoms with Gasteiger partial charge < -0.3 is 10.1 Å². The highest BCUT2D eigenvalue weighted by Crippen LogP contribution is 2.49. The minimum absolute atomic E-state index is 0.232. The van der Waals surface area contributed by atoms with Crippen LogP contribution in [-0.2, 0) is 10.3 Å². The fourth-order valence-electron chi connectivity index (χ4n) is 2.74. The van der Waals surface area contributed by atoms with Crippen LogP contribution in [-0.4, -0.2) is 16.2 Å². The molecule has 1 saturated carbocycles. The maximum Gasteiger partial charge on any atom is 0.235 e. The molecule has 2 N–H and O–H groups in total. The molecule has 0 spiro atoms. The average Bonchev–Trinajstić information content (AvgIpc) is 2.67. The summed E-state index contributed by atoms with van der Waals surface area (Å²) < 4.78 is 0. The van der Waals surface area contributed by atoms with Crippen molar-refractivity contribution < 1.29 is 9.90 Å². The number of phenolic OH excluding ortho intramolecular Hbond substituents is 1. The van der Waals surface area contributed by atoms with Crippen LogP contribution in [0.15, 0.2) is 23.2 Å². The number of benzene rings is 1. The van der Waals surface area contributed by atoms with Gasteiger partial charge in [-0.3, -0.25) is 0 Å². The number of rotatable bonds is 2. The molecule has 1 aliphatic carbocycles. The lowest BCUT2D eigenvalue weighted by Crippen LogP contribution is -2.31. The lowest BCUT2D eigenvalue weighted by atomic mass is 9.72. The van der Waals surface area contributed by atoms with E-state index in [9.17, 15) is 9.90 Å². The molecule has 0 bridgehead atoms. The Hall–Kier alpha value is -2.06. The fourth-order valence-corrected chi connectivity index (χ4v) is 2.74. The summed E-state index contributed by atoms with van der Waals surface area (Å²) in [6.45, 7) is 1.95. The largest absolute Gasteiger partial charge is 0.507 e. The first-order valence-electron chi connectivity index (χ1n) is 6.07. The van der Waals surface area contributed by atoms with E-state index < -0.39 is 5.54 Å². The molecule has 0 unspecified atom stereocenters. The molecule has 0 aliphatic heterocycles. The Bertz CT molecular complexity index is 662. The topological polar surface area (TPSA) is 65.5 Å². The van der Waals surface area contributed by atoms with Crippen LogP contribution in [0.4, 0.5) is 0 Å².